The van der Waals surface area contributed by atoms with Gasteiger partial charge in [-0.15, -0.1) is 0 Å². The summed E-state index contributed by atoms with van der Waals surface area (Å²) < 4.78 is 22.8. The number of hydrogen-bond donors (Lipinski definition) is 9. The largest absolute Gasteiger partial charge is 0.432 e. The predicted molar refractivity (Wildman–Crippen MR) is 199 cm³/mol. The molecule has 4 saturated carbocycles. The molecule has 7 rings (SSSR count). The van der Waals surface area contributed by atoms with Crippen LogP contribution in [0.3, 0.4) is 0 Å². The highest BCUT2D eigenvalue weighted by Crippen LogP contribution is 2.75. The van der Waals surface area contributed by atoms with Crippen LogP contribution < -0.4 is 0 Å². The number of hydrogen-bond acceptors (Lipinski definition) is 15. The highest BCUT2D eigenvalue weighted by atomic mass is 16.7. The lowest BCUT2D eigenvalue weighted by Crippen LogP contribution is -2.68. The molecule has 6 fully saturated rings. The van der Waals surface area contributed by atoms with Crippen LogP contribution in [0.4, 0.5) is 0 Å². The van der Waals surface area contributed by atoms with Crippen LogP contribution in [-0.2, 0) is 28.5 Å². The fraction of sp³-hybridized carbons (Fsp3) is 0.905. The Kier molecular flexibility index (Phi) is 11.1. The molecule has 2 aliphatic heterocycles. The van der Waals surface area contributed by atoms with Crippen LogP contribution in [0.2, 0.25) is 0 Å². The second kappa shape index (κ2) is 14.5. The van der Waals surface area contributed by atoms with E-state index in [4.69, 9.17) is 18.9 Å². The highest BCUT2D eigenvalue weighted by molar-refractivity contribution is 5.96. The minimum Gasteiger partial charge on any atom is -0.432 e. The minimum absolute atomic E-state index is 0.0615. The summed E-state index contributed by atoms with van der Waals surface area (Å²) in [6, 6.07) is 0. The van der Waals surface area contributed by atoms with Gasteiger partial charge >= 0.3 is 5.97 Å². The summed E-state index contributed by atoms with van der Waals surface area (Å²) in [6.45, 7) is 13.4. The molecule has 0 amide bonds. The topological polar surface area (TPSA) is 253 Å². The van der Waals surface area contributed by atoms with Gasteiger partial charge in [-0.2, -0.15) is 0 Å². The zero-order valence-corrected chi connectivity index (χ0v) is 34.3. The van der Waals surface area contributed by atoms with Crippen LogP contribution in [0.15, 0.2) is 11.6 Å². The number of allylic oxidation sites excluding steroid dienone is 2. The lowest BCUT2D eigenvalue weighted by Gasteiger charge is -2.71. The van der Waals surface area contributed by atoms with Crippen LogP contribution in [-0.4, -0.2) is 145 Å². The maximum atomic E-state index is 14.8. The van der Waals surface area contributed by atoms with E-state index in [9.17, 15) is 55.5 Å². The molecule has 0 bridgehead atoms. The Morgan fingerprint density at radius 1 is 0.754 bits per heavy atom. The van der Waals surface area contributed by atoms with Gasteiger partial charge < -0.3 is 64.9 Å². The summed E-state index contributed by atoms with van der Waals surface area (Å²) in [5.74, 6) is -1.32. The number of esters is 1. The van der Waals surface area contributed by atoms with Crippen LogP contribution in [0.25, 0.3) is 0 Å². The standard InChI is InChI=1S/C42H66O15/c1-37(2)12-14-42(36(53)57-35-31(50)29(48)27(46)22(56-35)18-54-34-30(49)28(47)26(45)21(17-43)55-34)15-13-40(6)19(25(42)33(37)52)8-9-24-39(5)16-20(44)32(51)38(3,4)23(39)10-11-41(24,40)7/h8,20-32,34-35,43-51H,9-18H2,1-7H3. The van der Waals surface area contributed by atoms with Gasteiger partial charge in [0.25, 0.3) is 0 Å². The van der Waals surface area contributed by atoms with Gasteiger partial charge in [-0.05, 0) is 84.9 Å². The van der Waals surface area contributed by atoms with Crippen LogP contribution in [0.5, 0.6) is 0 Å². The SMILES string of the molecule is CC1(C)CCC2(C(=O)OC3OC(COC4OC(CO)C(O)C(O)C4O)C(O)C(O)C3O)CCC3(C)C(=CCC4C5(C)CC(O)C(O)C(C)(C)C5CCC43C)C2C1=O. The van der Waals surface area contributed by atoms with Crippen molar-refractivity contribution in [2.45, 2.75) is 173 Å². The number of ether oxygens (including phenoxy) is 4. The third-order valence-corrected chi connectivity index (χ3v) is 17.1. The number of fused-ring (bicyclic) bond motifs is 7. The van der Waals surface area contributed by atoms with E-state index in [1.807, 2.05) is 13.8 Å². The first-order valence-corrected chi connectivity index (χ1v) is 20.9. The lowest BCUT2D eigenvalue weighted by atomic mass is 9.33. The van der Waals surface area contributed by atoms with Gasteiger partial charge in [-0.25, -0.2) is 0 Å². The van der Waals surface area contributed by atoms with Gasteiger partial charge in [-0.3, -0.25) is 9.59 Å². The maximum Gasteiger partial charge on any atom is 0.315 e. The molecule has 0 aromatic carbocycles. The number of Topliss-reactive ketones (excluding diaryl/α,β-unsaturated/α-hetero) is 1. The van der Waals surface area contributed by atoms with Crippen LogP contribution in [0.1, 0.15) is 99.8 Å². The molecule has 2 heterocycles. The third-order valence-electron chi connectivity index (χ3n) is 17.1. The van der Waals surface area contributed by atoms with E-state index in [-0.39, 0.29) is 28.4 Å². The molecule has 9 N–H and O–H groups in total. The van der Waals surface area contributed by atoms with Gasteiger partial charge in [0, 0.05) is 5.41 Å². The predicted octanol–water partition coefficient (Wildman–Crippen LogP) is 0.466. The van der Waals surface area contributed by atoms with E-state index >= 15 is 0 Å². The van der Waals surface area contributed by atoms with Crippen LogP contribution in [0, 0.1) is 50.2 Å². The van der Waals surface area contributed by atoms with Crippen molar-refractivity contribution in [1.29, 1.82) is 0 Å². The molecular formula is C42H66O15. The normalized spacial score (nSPS) is 53.0. The van der Waals surface area contributed by atoms with Crippen molar-refractivity contribution in [3.63, 3.8) is 0 Å². The molecule has 19 atom stereocenters. The van der Waals surface area contributed by atoms with Crippen molar-refractivity contribution in [3.8, 4) is 0 Å². The molecule has 2 saturated heterocycles. The number of ketones is 1. The van der Waals surface area contributed by atoms with Gasteiger partial charge in [0.2, 0.25) is 6.29 Å². The summed E-state index contributed by atoms with van der Waals surface area (Å²) in [7, 11) is 0. The fourth-order valence-corrected chi connectivity index (χ4v) is 13.3. The molecule has 324 valence electrons. The quantitative estimate of drug-likeness (QED) is 0.131. The van der Waals surface area contributed by atoms with Crippen molar-refractivity contribution in [2.75, 3.05) is 13.2 Å². The Hall–Kier alpha value is -1.60. The van der Waals surface area contributed by atoms with Gasteiger partial charge in [0.1, 0.15) is 54.6 Å². The molecule has 0 aromatic heterocycles. The first-order valence-electron chi connectivity index (χ1n) is 20.9. The smallest absolute Gasteiger partial charge is 0.315 e. The first kappa shape index (κ1) is 43.5. The molecular weight excluding hydrogens is 744 g/mol. The summed E-state index contributed by atoms with van der Waals surface area (Å²) in [5.41, 5.74) is -2.68. The fourth-order valence-electron chi connectivity index (χ4n) is 13.3. The molecule has 15 nitrogen and oxygen atoms in total. The van der Waals surface area contributed by atoms with E-state index in [1.165, 1.54) is 0 Å². The Bertz CT molecular complexity index is 1600. The molecule has 5 aliphatic carbocycles. The average Bonchev–Trinajstić information content (AvgIpc) is 3.15. The number of carbonyl (C=O) groups excluding carboxylic acids is 2. The molecule has 57 heavy (non-hydrogen) atoms. The van der Waals surface area contributed by atoms with E-state index < -0.39 is 120 Å². The Labute approximate surface area is 334 Å². The average molecular weight is 811 g/mol. The highest BCUT2D eigenvalue weighted by Gasteiger charge is 2.72. The van der Waals surface area contributed by atoms with Crippen molar-refractivity contribution in [3.05, 3.63) is 11.6 Å². The molecule has 19 unspecified atom stereocenters. The zero-order valence-electron chi connectivity index (χ0n) is 34.3. The van der Waals surface area contributed by atoms with E-state index in [0.717, 1.165) is 18.4 Å². The lowest BCUT2D eigenvalue weighted by molar-refractivity contribution is -0.328. The van der Waals surface area contributed by atoms with Gasteiger partial charge in [0.05, 0.1) is 36.8 Å². The Balaban J connectivity index is 1.16. The number of rotatable bonds is 6. The monoisotopic (exact) mass is 810 g/mol. The van der Waals surface area contributed by atoms with Crippen LogP contribution >= 0.6 is 0 Å². The number of aliphatic hydroxyl groups is 9. The van der Waals surface area contributed by atoms with Gasteiger partial charge in [0.15, 0.2) is 6.29 Å². The molecule has 15 heteroatoms. The summed E-state index contributed by atoms with van der Waals surface area (Å²) in [6.07, 6.45) is -11.6. The zero-order chi connectivity index (χ0) is 42.0. The van der Waals surface area contributed by atoms with Crippen molar-refractivity contribution >= 4 is 11.8 Å². The second-order valence-electron chi connectivity index (χ2n) is 20.6. The molecule has 0 aromatic rings. The minimum atomic E-state index is -1.87. The summed E-state index contributed by atoms with van der Waals surface area (Å²) in [5, 5.41) is 95.3. The number of aliphatic hydroxyl groups excluding tert-OH is 9. The molecule has 7 aliphatic rings. The molecule has 0 spiro atoms. The summed E-state index contributed by atoms with van der Waals surface area (Å²) in [4.78, 5) is 29.6. The van der Waals surface area contributed by atoms with Crippen molar-refractivity contribution in [1.82, 2.24) is 0 Å². The Morgan fingerprint density at radius 2 is 1.35 bits per heavy atom. The van der Waals surface area contributed by atoms with Crippen molar-refractivity contribution in [2.24, 2.45) is 50.2 Å². The molecule has 0 radical (unpaired) electrons. The summed E-state index contributed by atoms with van der Waals surface area (Å²) >= 11 is 0. The first-order chi connectivity index (χ1) is 26.4. The number of carbonyl (C=O) groups is 2. The second-order valence-corrected chi connectivity index (χ2v) is 20.6. The van der Waals surface area contributed by atoms with Gasteiger partial charge in [-0.1, -0.05) is 60.1 Å². The van der Waals surface area contributed by atoms with Crippen molar-refractivity contribution < 1.29 is 74.5 Å². The van der Waals surface area contributed by atoms with E-state index in [0.29, 0.717) is 38.5 Å². The maximum absolute atomic E-state index is 14.8. The third kappa shape index (κ3) is 6.27. The Morgan fingerprint density at radius 3 is 2.00 bits per heavy atom. The van der Waals surface area contributed by atoms with E-state index in [1.54, 1.807) is 0 Å². The van der Waals surface area contributed by atoms with E-state index in [2.05, 4.69) is 40.7 Å².